The third-order valence-electron chi connectivity index (χ3n) is 4.54. The number of pyridine rings is 1. The van der Waals surface area contributed by atoms with E-state index in [2.05, 4.69) is 51.9 Å². The quantitative estimate of drug-likeness (QED) is 0.423. The monoisotopic (exact) mass is 429 g/mol. The van der Waals surface area contributed by atoms with Crippen molar-refractivity contribution >= 4 is 39.6 Å². The second-order valence-corrected chi connectivity index (χ2v) is 7.70. The lowest BCUT2D eigenvalue weighted by Gasteiger charge is -2.08. The van der Waals surface area contributed by atoms with Crippen molar-refractivity contribution in [2.45, 2.75) is 6.92 Å². The maximum absolute atomic E-state index is 4.62. The summed E-state index contributed by atoms with van der Waals surface area (Å²) in [6.45, 7) is 3.67. The third kappa shape index (κ3) is 4.55. The third-order valence-corrected chi connectivity index (χ3v) is 5.30. The molecule has 0 spiro atoms. The molecule has 5 heterocycles. The van der Waals surface area contributed by atoms with Gasteiger partial charge in [0.05, 0.1) is 5.69 Å². The molecule has 0 radical (unpaired) electrons. The van der Waals surface area contributed by atoms with E-state index in [0.717, 1.165) is 35.3 Å². The van der Waals surface area contributed by atoms with Crippen molar-refractivity contribution in [2.24, 2.45) is 0 Å². The Morgan fingerprint density at radius 1 is 0.903 bits per heavy atom. The van der Waals surface area contributed by atoms with Gasteiger partial charge >= 0.3 is 0 Å². The zero-order valence-corrected chi connectivity index (χ0v) is 17.5. The average molecular weight is 430 g/mol. The van der Waals surface area contributed by atoms with Gasteiger partial charge in [0, 0.05) is 36.6 Å². The van der Waals surface area contributed by atoms with Crippen molar-refractivity contribution in [1.29, 1.82) is 0 Å². The predicted molar refractivity (Wildman–Crippen MR) is 122 cm³/mol. The second kappa shape index (κ2) is 8.54. The summed E-state index contributed by atoms with van der Waals surface area (Å²) in [5.41, 5.74) is 3.83. The summed E-state index contributed by atoms with van der Waals surface area (Å²) in [5.74, 6) is 2.24. The molecule has 4 aromatic heterocycles. The van der Waals surface area contributed by atoms with Gasteiger partial charge in [-0.05, 0) is 36.8 Å². The molecule has 0 aliphatic carbocycles. The zero-order valence-electron chi connectivity index (χ0n) is 16.7. The highest BCUT2D eigenvalue weighted by Crippen LogP contribution is 2.25. The van der Waals surface area contributed by atoms with Gasteiger partial charge < -0.3 is 10.6 Å². The van der Waals surface area contributed by atoms with Crippen molar-refractivity contribution in [2.75, 3.05) is 23.7 Å². The molecule has 0 bridgehead atoms. The Morgan fingerprint density at radius 3 is 2.61 bits per heavy atom. The first kappa shape index (κ1) is 19.2. The summed E-state index contributed by atoms with van der Waals surface area (Å²) in [5, 5.41) is 12.4. The van der Waals surface area contributed by atoms with Crippen molar-refractivity contribution in [3.63, 3.8) is 0 Å². The highest BCUT2D eigenvalue weighted by Gasteiger charge is 2.12. The lowest BCUT2D eigenvalue weighted by atomic mass is 10.2. The van der Waals surface area contributed by atoms with Crippen molar-refractivity contribution in [3.8, 4) is 11.5 Å². The summed E-state index contributed by atoms with van der Waals surface area (Å²) in [6, 6.07) is 9.32. The maximum Gasteiger partial charge on any atom is 0.230 e. The van der Waals surface area contributed by atoms with Gasteiger partial charge in [-0.25, -0.2) is 24.9 Å². The average Bonchev–Trinajstić information content (AvgIpc) is 3.46. The van der Waals surface area contributed by atoms with E-state index < -0.39 is 0 Å². The van der Waals surface area contributed by atoms with Crippen molar-refractivity contribution in [1.82, 2.24) is 35.2 Å². The van der Waals surface area contributed by atoms with Gasteiger partial charge in [0.15, 0.2) is 11.0 Å². The number of nitrogens with one attached hydrogen (secondary N) is 3. The topological polar surface area (TPSA) is 113 Å². The predicted octanol–water partition coefficient (Wildman–Crippen LogP) is 3.57. The number of aromatic nitrogens is 6. The molecule has 0 aromatic carbocycles. The SMILES string of the molecule is Cc1cccc(-c2nccc(Nc3ccnc(Nc4nc(C5=CCNC5)cs4)n3)n2)n1. The molecule has 9 nitrogen and oxygen atoms in total. The van der Waals surface area contributed by atoms with Gasteiger partial charge in [0.2, 0.25) is 5.95 Å². The molecular formula is C21H19N9S. The summed E-state index contributed by atoms with van der Waals surface area (Å²) >= 11 is 1.52. The molecule has 0 saturated heterocycles. The Balaban J connectivity index is 1.31. The Morgan fingerprint density at radius 2 is 1.77 bits per heavy atom. The number of rotatable bonds is 6. The van der Waals surface area contributed by atoms with E-state index in [9.17, 15) is 0 Å². The lowest BCUT2D eigenvalue weighted by molar-refractivity contribution is 0.896. The molecule has 154 valence electrons. The fraction of sp³-hybridized carbons (Fsp3) is 0.143. The summed E-state index contributed by atoms with van der Waals surface area (Å²) in [7, 11) is 0. The second-order valence-electron chi connectivity index (χ2n) is 6.84. The van der Waals surface area contributed by atoms with Crippen LogP contribution < -0.4 is 16.0 Å². The Kier molecular flexibility index (Phi) is 5.29. The summed E-state index contributed by atoms with van der Waals surface area (Å²) < 4.78 is 0. The highest BCUT2D eigenvalue weighted by molar-refractivity contribution is 7.13. The van der Waals surface area contributed by atoms with Crippen LogP contribution in [0.25, 0.3) is 17.1 Å². The standard InChI is InChI=1S/C21H19N9S/c1-13-3-2-4-15(25-13)19-23-9-6-17(28-19)27-18-7-10-24-20(29-18)30-21-26-16(12-31-21)14-5-8-22-11-14/h2-7,9-10,12,22H,8,11H2,1H3,(H2,23,24,26,27,28,29,30). The van der Waals surface area contributed by atoms with Gasteiger partial charge in [0.25, 0.3) is 0 Å². The maximum atomic E-state index is 4.62. The molecule has 0 saturated carbocycles. The fourth-order valence-electron chi connectivity index (χ4n) is 3.08. The number of nitrogens with zero attached hydrogens (tertiary/aromatic N) is 6. The molecule has 31 heavy (non-hydrogen) atoms. The minimum absolute atomic E-state index is 0.457. The molecule has 0 unspecified atom stereocenters. The molecule has 5 rings (SSSR count). The molecular weight excluding hydrogens is 410 g/mol. The molecule has 1 aliphatic rings. The van der Waals surface area contributed by atoms with Gasteiger partial charge in [-0.1, -0.05) is 12.1 Å². The largest absolute Gasteiger partial charge is 0.325 e. The van der Waals surface area contributed by atoms with Gasteiger partial charge in [-0.2, -0.15) is 4.98 Å². The molecule has 10 heteroatoms. The number of aryl methyl sites for hydroxylation is 1. The molecule has 0 atom stereocenters. The van der Waals surface area contributed by atoms with E-state index in [0.29, 0.717) is 23.4 Å². The number of thiazole rings is 1. The molecule has 1 aliphatic heterocycles. The van der Waals surface area contributed by atoms with E-state index in [1.807, 2.05) is 30.5 Å². The van der Waals surface area contributed by atoms with Crippen LogP contribution in [0.4, 0.5) is 22.7 Å². The fourth-order valence-corrected chi connectivity index (χ4v) is 3.81. The van der Waals surface area contributed by atoms with Crippen LogP contribution in [0.3, 0.4) is 0 Å². The Labute approximate surface area is 182 Å². The van der Waals surface area contributed by atoms with Crippen LogP contribution >= 0.6 is 11.3 Å². The van der Waals surface area contributed by atoms with Crippen LogP contribution in [0.1, 0.15) is 11.4 Å². The van der Waals surface area contributed by atoms with E-state index in [1.54, 1.807) is 24.5 Å². The van der Waals surface area contributed by atoms with E-state index in [1.165, 1.54) is 16.9 Å². The Hall–Kier alpha value is -3.76. The van der Waals surface area contributed by atoms with Gasteiger partial charge in [0.1, 0.15) is 17.3 Å². The molecule has 3 N–H and O–H groups in total. The minimum atomic E-state index is 0.457. The van der Waals surface area contributed by atoms with E-state index in [4.69, 9.17) is 0 Å². The molecule has 0 fully saturated rings. The molecule has 0 amide bonds. The highest BCUT2D eigenvalue weighted by atomic mass is 32.1. The number of anilines is 4. The van der Waals surface area contributed by atoms with Crippen LogP contribution in [0.5, 0.6) is 0 Å². The first-order chi connectivity index (χ1) is 15.2. The van der Waals surface area contributed by atoms with E-state index in [-0.39, 0.29) is 0 Å². The van der Waals surface area contributed by atoms with Crippen LogP contribution in [-0.4, -0.2) is 43.0 Å². The number of hydrogen-bond acceptors (Lipinski definition) is 10. The first-order valence-corrected chi connectivity index (χ1v) is 10.6. The summed E-state index contributed by atoms with van der Waals surface area (Å²) in [6.07, 6.45) is 5.53. The van der Waals surface area contributed by atoms with Gasteiger partial charge in [-0.3, -0.25) is 5.32 Å². The number of hydrogen-bond donors (Lipinski definition) is 3. The van der Waals surface area contributed by atoms with Gasteiger partial charge in [-0.15, -0.1) is 11.3 Å². The zero-order chi connectivity index (χ0) is 21.0. The molecule has 4 aromatic rings. The van der Waals surface area contributed by atoms with Crippen molar-refractivity contribution in [3.05, 3.63) is 65.6 Å². The smallest absolute Gasteiger partial charge is 0.230 e. The minimum Gasteiger partial charge on any atom is -0.325 e. The lowest BCUT2D eigenvalue weighted by Crippen LogP contribution is -2.07. The van der Waals surface area contributed by atoms with Crippen LogP contribution in [0.15, 0.2) is 54.2 Å². The first-order valence-electron chi connectivity index (χ1n) is 9.73. The van der Waals surface area contributed by atoms with Crippen LogP contribution in [0.2, 0.25) is 0 Å². The normalized spacial score (nSPS) is 13.1. The van der Waals surface area contributed by atoms with Crippen molar-refractivity contribution < 1.29 is 0 Å². The van der Waals surface area contributed by atoms with Crippen LogP contribution in [-0.2, 0) is 0 Å². The van der Waals surface area contributed by atoms with E-state index >= 15 is 0 Å². The van der Waals surface area contributed by atoms with Crippen LogP contribution in [0, 0.1) is 6.92 Å². The summed E-state index contributed by atoms with van der Waals surface area (Å²) in [4.78, 5) is 26.8. The Bertz CT molecular complexity index is 1250.